The van der Waals surface area contributed by atoms with Gasteiger partial charge < -0.3 is 14.8 Å². The first kappa shape index (κ1) is 24.9. The van der Waals surface area contributed by atoms with Gasteiger partial charge in [0.05, 0.1) is 5.02 Å². The molecule has 6 rings (SSSR count). The fourth-order valence-corrected chi connectivity index (χ4v) is 6.68. The van der Waals surface area contributed by atoms with Gasteiger partial charge in [0.1, 0.15) is 11.7 Å². The molecule has 38 heavy (non-hydrogen) atoms. The highest BCUT2D eigenvalue weighted by Gasteiger charge is 2.39. The summed E-state index contributed by atoms with van der Waals surface area (Å²) in [7, 11) is 0. The second-order valence-corrected chi connectivity index (χ2v) is 11.2. The third-order valence-electron chi connectivity index (χ3n) is 8.08. The number of aromatic amines is 1. The Morgan fingerprint density at radius 3 is 2.53 bits per heavy atom. The van der Waals surface area contributed by atoms with Crippen molar-refractivity contribution in [3.8, 4) is 0 Å². The molecule has 1 aromatic heterocycles. The summed E-state index contributed by atoms with van der Waals surface area (Å²) in [6.45, 7) is 3.48. The van der Waals surface area contributed by atoms with Gasteiger partial charge in [0, 0.05) is 47.5 Å². The van der Waals surface area contributed by atoms with Crippen LogP contribution in [0.15, 0.2) is 30.3 Å². The first-order valence-corrected chi connectivity index (χ1v) is 13.5. The highest BCUT2D eigenvalue weighted by molar-refractivity contribution is 6.39. The third kappa shape index (κ3) is 4.16. The van der Waals surface area contributed by atoms with E-state index >= 15 is 0 Å². The van der Waals surface area contributed by atoms with E-state index in [9.17, 15) is 19.2 Å². The van der Waals surface area contributed by atoms with Gasteiger partial charge >= 0.3 is 0 Å². The Labute approximate surface area is 229 Å². The number of hydrogen-bond acceptors (Lipinski definition) is 4. The number of fused-ring (bicyclic) bond motifs is 2. The molecule has 1 atom stereocenters. The molecule has 2 aromatic carbocycles. The van der Waals surface area contributed by atoms with Crippen LogP contribution >= 0.6 is 23.2 Å². The predicted octanol–water partition coefficient (Wildman–Crippen LogP) is 4.56. The molecule has 0 radical (unpaired) electrons. The number of aromatic nitrogens is 1. The Kier molecular flexibility index (Phi) is 6.19. The van der Waals surface area contributed by atoms with Crippen molar-refractivity contribution >= 4 is 57.7 Å². The van der Waals surface area contributed by atoms with Crippen LogP contribution in [0.25, 0.3) is 10.9 Å². The first-order valence-electron chi connectivity index (χ1n) is 12.8. The van der Waals surface area contributed by atoms with Crippen LogP contribution < -0.4 is 5.32 Å². The average molecular weight is 553 g/mol. The lowest BCUT2D eigenvalue weighted by atomic mass is 9.87. The summed E-state index contributed by atoms with van der Waals surface area (Å²) in [5.41, 5.74) is 4.75. The molecule has 196 valence electrons. The highest BCUT2D eigenvalue weighted by Crippen LogP contribution is 2.36. The Morgan fingerprint density at radius 1 is 1.03 bits per heavy atom. The van der Waals surface area contributed by atoms with Gasteiger partial charge in [-0.05, 0) is 67.0 Å². The SMILES string of the molecule is Cc1c(C(=O)N2CCC(c3ccc4c(c3)CN(C3CCC(=O)NC3=O)C4=O)CC2)[nH]c2cc(Cl)cc(Cl)c12. The number of nitrogens with zero attached hydrogens (tertiary/aromatic N) is 2. The standard InChI is InChI=1S/C28H26Cl2N4O4/c1-14-24-20(30)11-18(29)12-21(24)31-25(14)28(38)33-8-6-15(7-9-33)16-2-3-19-17(10-16)13-34(27(19)37)22-4-5-23(35)32-26(22)36/h2-3,10-12,15,22,31H,4-9,13H2,1H3,(H,32,35,36). The minimum Gasteiger partial charge on any atom is -0.350 e. The van der Waals surface area contributed by atoms with Crippen molar-refractivity contribution in [1.29, 1.82) is 0 Å². The van der Waals surface area contributed by atoms with E-state index in [1.54, 1.807) is 17.0 Å². The predicted molar refractivity (Wildman–Crippen MR) is 143 cm³/mol. The number of carbonyl (C=O) groups excluding carboxylic acids is 4. The summed E-state index contributed by atoms with van der Waals surface area (Å²) in [5.74, 6) is -0.660. The van der Waals surface area contributed by atoms with Crippen molar-refractivity contribution in [1.82, 2.24) is 20.1 Å². The highest BCUT2D eigenvalue weighted by atomic mass is 35.5. The van der Waals surface area contributed by atoms with E-state index in [0.717, 1.165) is 40.4 Å². The number of benzene rings is 2. The number of aryl methyl sites for hydroxylation is 1. The molecule has 4 heterocycles. The molecule has 3 aromatic rings. The van der Waals surface area contributed by atoms with E-state index in [2.05, 4.69) is 16.4 Å². The zero-order valence-electron chi connectivity index (χ0n) is 20.8. The van der Waals surface area contributed by atoms with Crippen LogP contribution in [-0.2, 0) is 16.1 Å². The van der Waals surface area contributed by atoms with Crippen molar-refractivity contribution < 1.29 is 19.2 Å². The molecule has 4 amide bonds. The molecule has 2 N–H and O–H groups in total. The molecule has 3 aliphatic rings. The summed E-state index contributed by atoms with van der Waals surface area (Å²) in [5, 5.41) is 4.18. The minimum absolute atomic E-state index is 0.0521. The van der Waals surface area contributed by atoms with Gasteiger partial charge in [-0.25, -0.2) is 0 Å². The van der Waals surface area contributed by atoms with Crippen molar-refractivity contribution in [3.63, 3.8) is 0 Å². The van der Waals surface area contributed by atoms with Crippen molar-refractivity contribution in [2.75, 3.05) is 13.1 Å². The maximum absolute atomic E-state index is 13.4. The summed E-state index contributed by atoms with van der Waals surface area (Å²) in [4.78, 5) is 56.8. The number of rotatable bonds is 3. The third-order valence-corrected chi connectivity index (χ3v) is 8.60. The zero-order valence-corrected chi connectivity index (χ0v) is 22.3. The maximum Gasteiger partial charge on any atom is 0.270 e. The second-order valence-electron chi connectivity index (χ2n) is 10.3. The molecule has 3 aliphatic heterocycles. The number of halogens is 2. The van der Waals surface area contributed by atoms with Crippen LogP contribution in [0.2, 0.25) is 10.0 Å². The molecule has 0 bridgehead atoms. The van der Waals surface area contributed by atoms with Crippen molar-refractivity contribution in [3.05, 3.63) is 68.3 Å². The summed E-state index contributed by atoms with van der Waals surface area (Å²) >= 11 is 12.5. The number of hydrogen-bond donors (Lipinski definition) is 2. The van der Waals surface area contributed by atoms with E-state index in [0.29, 0.717) is 47.4 Å². The molecule has 8 nitrogen and oxygen atoms in total. The number of H-pyrrole nitrogens is 1. The molecular weight excluding hydrogens is 527 g/mol. The van der Waals surface area contributed by atoms with Gasteiger partial charge in [-0.2, -0.15) is 0 Å². The van der Waals surface area contributed by atoms with E-state index in [1.165, 1.54) is 0 Å². The molecule has 2 fully saturated rings. The zero-order chi connectivity index (χ0) is 26.7. The van der Waals surface area contributed by atoms with Gasteiger partial charge in [0.2, 0.25) is 11.8 Å². The Bertz CT molecular complexity index is 1520. The molecule has 10 heteroatoms. The van der Waals surface area contributed by atoms with Crippen LogP contribution in [0, 0.1) is 6.92 Å². The number of amides is 4. The van der Waals surface area contributed by atoms with E-state index in [4.69, 9.17) is 23.2 Å². The monoisotopic (exact) mass is 552 g/mol. The van der Waals surface area contributed by atoms with Crippen molar-refractivity contribution in [2.45, 2.75) is 51.1 Å². The normalized spacial score (nSPS) is 20.3. The second kappa shape index (κ2) is 9.43. The fraction of sp³-hybridized carbons (Fsp3) is 0.357. The number of imide groups is 1. The summed E-state index contributed by atoms with van der Waals surface area (Å²) in [6, 6.07) is 8.73. The molecular formula is C28H26Cl2N4O4. The Balaban J connectivity index is 1.14. The van der Waals surface area contributed by atoms with Crippen molar-refractivity contribution in [2.24, 2.45) is 0 Å². The maximum atomic E-state index is 13.4. The number of nitrogens with one attached hydrogen (secondary N) is 2. The topological polar surface area (TPSA) is 103 Å². The van der Waals surface area contributed by atoms with Gasteiger partial charge in [0.25, 0.3) is 11.8 Å². The van der Waals surface area contributed by atoms with Crippen LogP contribution in [-0.4, -0.2) is 57.5 Å². The first-order chi connectivity index (χ1) is 18.2. The lowest BCUT2D eigenvalue weighted by Crippen LogP contribution is -2.52. The smallest absolute Gasteiger partial charge is 0.270 e. The average Bonchev–Trinajstić information content (AvgIpc) is 3.39. The van der Waals surface area contributed by atoms with E-state index in [1.807, 2.05) is 24.0 Å². The van der Waals surface area contributed by atoms with Crippen LogP contribution in [0.4, 0.5) is 0 Å². The van der Waals surface area contributed by atoms with Gasteiger partial charge in [-0.15, -0.1) is 0 Å². The van der Waals surface area contributed by atoms with E-state index < -0.39 is 11.9 Å². The molecule has 0 aliphatic carbocycles. The molecule has 2 saturated heterocycles. The molecule has 0 saturated carbocycles. The van der Waals surface area contributed by atoms with E-state index in [-0.39, 0.29) is 30.1 Å². The summed E-state index contributed by atoms with van der Waals surface area (Å²) in [6.07, 6.45) is 2.19. The number of piperidine rings is 2. The minimum atomic E-state index is -0.621. The van der Waals surface area contributed by atoms with Gasteiger partial charge in [-0.1, -0.05) is 35.3 Å². The van der Waals surface area contributed by atoms with Crippen LogP contribution in [0.3, 0.4) is 0 Å². The van der Waals surface area contributed by atoms with Crippen LogP contribution in [0.5, 0.6) is 0 Å². The molecule has 0 spiro atoms. The molecule has 1 unspecified atom stereocenters. The fourth-order valence-electron chi connectivity index (χ4n) is 6.04. The number of likely N-dealkylation sites (tertiary alicyclic amines) is 1. The van der Waals surface area contributed by atoms with Gasteiger partial charge in [0.15, 0.2) is 0 Å². The quantitative estimate of drug-likeness (QED) is 0.464. The largest absolute Gasteiger partial charge is 0.350 e. The lowest BCUT2D eigenvalue weighted by Gasteiger charge is -2.32. The Hall–Kier alpha value is -3.36. The van der Waals surface area contributed by atoms with Gasteiger partial charge in [-0.3, -0.25) is 24.5 Å². The Morgan fingerprint density at radius 2 is 1.79 bits per heavy atom. The van der Waals surface area contributed by atoms with Crippen LogP contribution in [0.1, 0.15) is 69.1 Å². The summed E-state index contributed by atoms with van der Waals surface area (Å²) < 4.78 is 0. The number of carbonyl (C=O) groups is 4. The lowest BCUT2D eigenvalue weighted by molar-refractivity contribution is -0.136.